The van der Waals surface area contributed by atoms with Crippen molar-refractivity contribution in [1.82, 2.24) is 4.90 Å². The Morgan fingerprint density at radius 2 is 1.69 bits per heavy atom. The normalized spacial score (nSPS) is 16.7. The molecule has 1 heterocycles. The van der Waals surface area contributed by atoms with Crippen LogP contribution in [0, 0.1) is 0 Å². The summed E-state index contributed by atoms with van der Waals surface area (Å²) in [5.41, 5.74) is 2.66. The number of thioether (sulfide) groups is 1. The second kappa shape index (κ2) is 8.68. The van der Waals surface area contributed by atoms with E-state index in [2.05, 4.69) is 15.9 Å². The summed E-state index contributed by atoms with van der Waals surface area (Å²) in [4.78, 5) is 20.2. The maximum absolute atomic E-state index is 13.2. The summed E-state index contributed by atoms with van der Waals surface area (Å²) in [5, 5.41) is 10.3. The Balaban J connectivity index is 1.70. The van der Waals surface area contributed by atoms with Crippen LogP contribution in [0.5, 0.6) is 5.75 Å². The molecule has 0 aliphatic carbocycles. The summed E-state index contributed by atoms with van der Waals surface area (Å²) in [6.07, 6.45) is 1.82. The van der Waals surface area contributed by atoms with Gasteiger partial charge in [-0.1, -0.05) is 54.6 Å². The third-order valence-corrected chi connectivity index (χ3v) is 5.96. The number of rotatable bonds is 4. The quantitative estimate of drug-likeness (QED) is 0.484. The van der Waals surface area contributed by atoms with Crippen molar-refractivity contribution in [1.29, 1.82) is 0 Å². The molecule has 0 aromatic heterocycles. The molecule has 0 unspecified atom stereocenters. The first kappa shape index (κ1) is 19.5. The molecule has 0 radical (unpaired) electrons. The summed E-state index contributed by atoms with van der Waals surface area (Å²) < 4.78 is 0.585. The van der Waals surface area contributed by atoms with Crippen molar-refractivity contribution >= 4 is 50.5 Å². The van der Waals surface area contributed by atoms with Crippen LogP contribution in [0.15, 0.2) is 93.2 Å². The van der Waals surface area contributed by atoms with E-state index in [4.69, 9.17) is 4.99 Å². The van der Waals surface area contributed by atoms with E-state index in [0.717, 1.165) is 16.8 Å². The van der Waals surface area contributed by atoms with Gasteiger partial charge in [-0.25, -0.2) is 4.99 Å². The van der Waals surface area contributed by atoms with Gasteiger partial charge in [-0.15, -0.1) is 0 Å². The average molecular weight is 465 g/mol. The van der Waals surface area contributed by atoms with Crippen LogP contribution in [0.4, 0.5) is 5.69 Å². The Bertz CT molecular complexity index is 1100. The van der Waals surface area contributed by atoms with Gasteiger partial charge in [0.25, 0.3) is 5.91 Å². The molecule has 4 rings (SSSR count). The number of hydrogen-bond donors (Lipinski definition) is 1. The van der Waals surface area contributed by atoms with E-state index in [-0.39, 0.29) is 11.7 Å². The van der Waals surface area contributed by atoms with Gasteiger partial charge in [0.1, 0.15) is 5.75 Å². The molecule has 1 aliphatic rings. The highest BCUT2D eigenvalue weighted by Gasteiger charge is 2.33. The zero-order chi connectivity index (χ0) is 20.2. The fourth-order valence-electron chi connectivity index (χ4n) is 2.87. The highest BCUT2D eigenvalue weighted by Crippen LogP contribution is 2.36. The van der Waals surface area contributed by atoms with E-state index in [1.165, 1.54) is 11.8 Å². The Morgan fingerprint density at radius 3 is 2.38 bits per heavy atom. The molecule has 4 nitrogen and oxygen atoms in total. The molecular formula is C23H17BrN2O2S. The fourth-order valence-corrected chi connectivity index (χ4v) is 4.27. The molecule has 1 N–H and O–H groups in total. The molecule has 0 atom stereocenters. The third-order valence-electron chi connectivity index (χ3n) is 4.32. The lowest BCUT2D eigenvalue weighted by atomic mass is 10.2. The number of para-hydroxylation sites is 1. The standard InChI is InChI=1S/C23H17BrN2O2S/c24-19-13-17(11-12-20(19)27)14-21-22(28)26(15-16-7-3-1-4-8-16)23(29-21)25-18-9-5-2-6-10-18/h1-14,27H,15H2/b21-14-,25-23?. The van der Waals surface area contributed by atoms with Crippen LogP contribution in [0.3, 0.4) is 0 Å². The molecule has 1 fully saturated rings. The first-order valence-electron chi connectivity index (χ1n) is 8.98. The number of phenolic OH excluding ortho intramolecular Hbond substituents is 1. The predicted molar refractivity (Wildman–Crippen MR) is 122 cm³/mol. The SMILES string of the molecule is O=C1/C(=C/c2ccc(O)c(Br)c2)SC(=Nc2ccccc2)N1Cc1ccccc1. The van der Waals surface area contributed by atoms with E-state index in [1.807, 2.05) is 66.7 Å². The number of carbonyl (C=O) groups excluding carboxylic acids is 1. The molecule has 3 aromatic carbocycles. The Hall–Kier alpha value is -2.83. The molecular weight excluding hydrogens is 448 g/mol. The lowest BCUT2D eigenvalue weighted by Crippen LogP contribution is -2.28. The molecule has 0 saturated carbocycles. The van der Waals surface area contributed by atoms with Crippen molar-refractivity contribution in [2.45, 2.75) is 6.54 Å². The number of carbonyl (C=O) groups is 1. The van der Waals surface area contributed by atoms with Gasteiger partial charge < -0.3 is 5.11 Å². The number of amides is 1. The van der Waals surface area contributed by atoms with Crippen molar-refractivity contribution in [3.8, 4) is 5.75 Å². The van der Waals surface area contributed by atoms with E-state index < -0.39 is 0 Å². The van der Waals surface area contributed by atoms with Crippen LogP contribution in [-0.4, -0.2) is 21.1 Å². The number of halogens is 1. The number of aliphatic imine (C=N–C) groups is 1. The maximum atomic E-state index is 13.2. The van der Waals surface area contributed by atoms with E-state index >= 15 is 0 Å². The van der Waals surface area contributed by atoms with Crippen molar-refractivity contribution in [2.75, 3.05) is 0 Å². The Kier molecular flexibility index (Phi) is 5.83. The van der Waals surface area contributed by atoms with Gasteiger partial charge in [-0.2, -0.15) is 0 Å². The Labute approximate surface area is 181 Å². The number of amidine groups is 1. The molecule has 1 saturated heterocycles. The van der Waals surface area contributed by atoms with Crippen LogP contribution < -0.4 is 0 Å². The second-order valence-corrected chi connectivity index (χ2v) is 8.29. The second-order valence-electron chi connectivity index (χ2n) is 6.43. The zero-order valence-corrected chi connectivity index (χ0v) is 17.7. The van der Waals surface area contributed by atoms with Gasteiger partial charge in [0.2, 0.25) is 0 Å². The summed E-state index contributed by atoms with van der Waals surface area (Å²) in [6.45, 7) is 0.453. The largest absolute Gasteiger partial charge is 0.507 e. The smallest absolute Gasteiger partial charge is 0.267 e. The number of hydrogen-bond acceptors (Lipinski definition) is 4. The summed E-state index contributed by atoms with van der Waals surface area (Å²) in [6, 6.07) is 24.6. The molecule has 1 aliphatic heterocycles. The third kappa shape index (κ3) is 4.60. The van der Waals surface area contributed by atoms with Crippen LogP contribution in [0.25, 0.3) is 6.08 Å². The first-order chi connectivity index (χ1) is 14.1. The molecule has 1 amide bonds. The van der Waals surface area contributed by atoms with Gasteiger partial charge in [0.15, 0.2) is 5.17 Å². The predicted octanol–water partition coefficient (Wildman–Crippen LogP) is 5.96. The van der Waals surface area contributed by atoms with Gasteiger partial charge in [-0.05, 0) is 69.2 Å². The molecule has 0 spiro atoms. The van der Waals surface area contributed by atoms with Gasteiger partial charge in [0.05, 0.1) is 21.6 Å². The number of nitrogens with zero attached hydrogens (tertiary/aromatic N) is 2. The van der Waals surface area contributed by atoms with Crippen LogP contribution in [0.1, 0.15) is 11.1 Å². The van der Waals surface area contributed by atoms with Crippen LogP contribution >= 0.6 is 27.7 Å². The molecule has 3 aromatic rings. The summed E-state index contributed by atoms with van der Waals surface area (Å²) in [5.74, 6) is 0.0762. The topological polar surface area (TPSA) is 52.9 Å². The number of benzene rings is 3. The van der Waals surface area contributed by atoms with Crippen LogP contribution in [0.2, 0.25) is 0 Å². The molecule has 144 valence electrons. The van der Waals surface area contributed by atoms with E-state index in [1.54, 1.807) is 23.1 Å². The highest BCUT2D eigenvalue weighted by molar-refractivity contribution is 9.10. The van der Waals surface area contributed by atoms with E-state index in [9.17, 15) is 9.90 Å². The first-order valence-corrected chi connectivity index (χ1v) is 10.6. The fraction of sp³-hybridized carbons (Fsp3) is 0.0435. The maximum Gasteiger partial charge on any atom is 0.267 e. The number of aromatic hydroxyl groups is 1. The number of phenols is 1. The Morgan fingerprint density at radius 1 is 1.00 bits per heavy atom. The van der Waals surface area contributed by atoms with Gasteiger partial charge in [0, 0.05) is 0 Å². The van der Waals surface area contributed by atoms with Crippen LogP contribution in [-0.2, 0) is 11.3 Å². The van der Waals surface area contributed by atoms with Crippen molar-refractivity contribution in [2.24, 2.45) is 4.99 Å². The molecule has 29 heavy (non-hydrogen) atoms. The lowest BCUT2D eigenvalue weighted by molar-refractivity contribution is -0.122. The highest BCUT2D eigenvalue weighted by atomic mass is 79.9. The zero-order valence-electron chi connectivity index (χ0n) is 15.3. The minimum Gasteiger partial charge on any atom is -0.507 e. The summed E-state index contributed by atoms with van der Waals surface area (Å²) in [7, 11) is 0. The lowest BCUT2D eigenvalue weighted by Gasteiger charge is -2.15. The van der Waals surface area contributed by atoms with Crippen molar-refractivity contribution in [3.63, 3.8) is 0 Å². The average Bonchev–Trinajstić information content (AvgIpc) is 3.01. The molecule has 6 heteroatoms. The monoisotopic (exact) mass is 464 g/mol. The summed E-state index contributed by atoms with van der Waals surface area (Å²) >= 11 is 4.67. The van der Waals surface area contributed by atoms with Crippen molar-refractivity contribution < 1.29 is 9.90 Å². The van der Waals surface area contributed by atoms with Gasteiger partial charge in [-0.3, -0.25) is 9.69 Å². The van der Waals surface area contributed by atoms with Gasteiger partial charge >= 0.3 is 0 Å². The van der Waals surface area contributed by atoms with E-state index in [0.29, 0.717) is 21.1 Å². The minimum absolute atomic E-state index is 0.0854. The minimum atomic E-state index is -0.0854. The van der Waals surface area contributed by atoms with Crippen molar-refractivity contribution in [3.05, 3.63) is 99.4 Å². The molecule has 0 bridgehead atoms.